The van der Waals surface area contributed by atoms with E-state index in [9.17, 15) is 9.59 Å². The average molecular weight is 285 g/mol. The lowest BCUT2D eigenvalue weighted by Crippen LogP contribution is -2.52. The second kappa shape index (κ2) is 7.47. The summed E-state index contributed by atoms with van der Waals surface area (Å²) in [5.41, 5.74) is -0.382. The van der Waals surface area contributed by atoms with Gasteiger partial charge in [-0.25, -0.2) is 4.79 Å². The van der Waals surface area contributed by atoms with Crippen molar-refractivity contribution < 1.29 is 14.7 Å². The highest BCUT2D eigenvalue weighted by atomic mass is 16.4. The number of urea groups is 1. The fourth-order valence-corrected chi connectivity index (χ4v) is 2.37. The lowest BCUT2D eigenvalue weighted by molar-refractivity contribution is -0.137. The van der Waals surface area contributed by atoms with E-state index in [-0.39, 0.29) is 24.5 Å². The van der Waals surface area contributed by atoms with Crippen LogP contribution < -0.4 is 5.32 Å². The summed E-state index contributed by atoms with van der Waals surface area (Å²) in [5.74, 6) is -0.885. The van der Waals surface area contributed by atoms with Gasteiger partial charge in [0.25, 0.3) is 0 Å². The van der Waals surface area contributed by atoms with E-state index in [2.05, 4.69) is 10.2 Å². The number of hydrogen-bond acceptors (Lipinski definition) is 3. The number of carbonyl (C=O) groups excluding carboxylic acids is 1. The Morgan fingerprint density at radius 1 is 1.25 bits per heavy atom. The first-order chi connectivity index (χ1) is 9.30. The molecular formula is C14H27N3O3. The van der Waals surface area contributed by atoms with Crippen LogP contribution in [0.3, 0.4) is 0 Å². The van der Waals surface area contributed by atoms with E-state index < -0.39 is 5.97 Å². The first kappa shape index (κ1) is 16.8. The summed E-state index contributed by atoms with van der Waals surface area (Å²) in [5, 5.41) is 11.7. The zero-order valence-electron chi connectivity index (χ0n) is 12.8. The fraction of sp³-hybridized carbons (Fsp3) is 0.857. The molecule has 6 heteroatoms. The molecule has 1 heterocycles. The molecule has 0 aliphatic carbocycles. The molecule has 0 saturated carbocycles. The van der Waals surface area contributed by atoms with Crippen LogP contribution in [0.25, 0.3) is 0 Å². The van der Waals surface area contributed by atoms with Crippen molar-refractivity contribution in [3.05, 3.63) is 0 Å². The third-order valence-electron chi connectivity index (χ3n) is 3.51. The number of nitrogens with zero attached hydrogens (tertiary/aromatic N) is 2. The van der Waals surface area contributed by atoms with Crippen molar-refractivity contribution in [3.8, 4) is 0 Å². The number of rotatable bonds is 6. The van der Waals surface area contributed by atoms with Gasteiger partial charge < -0.3 is 20.2 Å². The van der Waals surface area contributed by atoms with E-state index in [0.717, 1.165) is 19.6 Å². The molecule has 20 heavy (non-hydrogen) atoms. The van der Waals surface area contributed by atoms with Gasteiger partial charge in [0.15, 0.2) is 0 Å². The number of carbonyl (C=O) groups is 2. The maximum Gasteiger partial charge on any atom is 0.317 e. The third kappa shape index (κ3) is 5.77. The van der Waals surface area contributed by atoms with Gasteiger partial charge in [0.2, 0.25) is 0 Å². The standard InChI is InChI=1S/C14H27N3O3/c1-14(2,3)17(10-6-12(18)19)13(20)15-7-11-16-8-4-5-9-16/h4-11H2,1-3H3,(H,15,20)(H,18,19). The van der Waals surface area contributed by atoms with Crippen LogP contribution in [-0.4, -0.2) is 65.2 Å². The predicted molar refractivity (Wildman–Crippen MR) is 77.8 cm³/mol. The largest absolute Gasteiger partial charge is 0.481 e. The maximum absolute atomic E-state index is 12.2. The highest BCUT2D eigenvalue weighted by Crippen LogP contribution is 2.14. The minimum absolute atomic E-state index is 0.0309. The van der Waals surface area contributed by atoms with Gasteiger partial charge in [-0.15, -0.1) is 0 Å². The van der Waals surface area contributed by atoms with Gasteiger partial charge in [0, 0.05) is 25.2 Å². The van der Waals surface area contributed by atoms with E-state index >= 15 is 0 Å². The second-order valence-electron chi connectivity index (χ2n) is 6.25. The number of carboxylic acid groups (broad SMARTS) is 1. The van der Waals surface area contributed by atoms with Crippen molar-refractivity contribution in [2.24, 2.45) is 0 Å². The molecule has 1 aliphatic rings. The zero-order chi connectivity index (χ0) is 15.2. The number of likely N-dealkylation sites (tertiary alicyclic amines) is 1. The number of carboxylic acids is 1. The van der Waals surface area contributed by atoms with Crippen LogP contribution in [-0.2, 0) is 4.79 Å². The van der Waals surface area contributed by atoms with Gasteiger partial charge in [0.1, 0.15) is 0 Å². The van der Waals surface area contributed by atoms with Gasteiger partial charge in [-0.1, -0.05) is 0 Å². The van der Waals surface area contributed by atoms with Crippen LogP contribution in [0, 0.1) is 0 Å². The third-order valence-corrected chi connectivity index (χ3v) is 3.51. The molecule has 1 fully saturated rings. The van der Waals surface area contributed by atoms with E-state index in [1.807, 2.05) is 20.8 Å². The normalized spacial score (nSPS) is 16.1. The molecule has 1 aliphatic heterocycles. The van der Waals surface area contributed by atoms with Crippen LogP contribution >= 0.6 is 0 Å². The van der Waals surface area contributed by atoms with E-state index in [1.165, 1.54) is 12.8 Å². The van der Waals surface area contributed by atoms with Gasteiger partial charge in [-0.05, 0) is 46.7 Å². The van der Waals surface area contributed by atoms with Crippen LogP contribution in [0.15, 0.2) is 0 Å². The zero-order valence-corrected chi connectivity index (χ0v) is 12.8. The highest BCUT2D eigenvalue weighted by molar-refractivity contribution is 5.76. The molecule has 0 aromatic carbocycles. The lowest BCUT2D eigenvalue weighted by atomic mass is 10.1. The summed E-state index contributed by atoms with van der Waals surface area (Å²) in [6.45, 7) is 9.66. The molecule has 1 rings (SSSR count). The quantitative estimate of drug-likeness (QED) is 0.773. The van der Waals surface area contributed by atoms with Crippen LogP contribution in [0.4, 0.5) is 4.79 Å². The Balaban J connectivity index is 2.39. The van der Waals surface area contributed by atoms with E-state index in [0.29, 0.717) is 6.54 Å². The molecule has 0 unspecified atom stereocenters. The minimum atomic E-state index is -0.885. The molecule has 116 valence electrons. The number of aliphatic carboxylic acids is 1. The van der Waals surface area contributed by atoms with E-state index in [1.54, 1.807) is 4.90 Å². The fourth-order valence-electron chi connectivity index (χ4n) is 2.37. The Kier molecular flexibility index (Phi) is 6.26. The first-order valence-corrected chi connectivity index (χ1v) is 7.30. The minimum Gasteiger partial charge on any atom is -0.481 e. The number of amides is 2. The lowest BCUT2D eigenvalue weighted by Gasteiger charge is -2.35. The van der Waals surface area contributed by atoms with Crippen molar-refractivity contribution in [2.75, 3.05) is 32.7 Å². The van der Waals surface area contributed by atoms with Gasteiger partial charge in [-0.2, -0.15) is 0 Å². The first-order valence-electron chi connectivity index (χ1n) is 7.30. The Labute approximate surface area is 121 Å². The molecule has 0 bridgehead atoms. The summed E-state index contributed by atoms with van der Waals surface area (Å²) < 4.78 is 0. The second-order valence-corrected chi connectivity index (χ2v) is 6.25. The van der Waals surface area contributed by atoms with E-state index in [4.69, 9.17) is 5.11 Å². The topological polar surface area (TPSA) is 72.9 Å². The summed E-state index contributed by atoms with van der Waals surface area (Å²) in [6.07, 6.45) is 2.44. The van der Waals surface area contributed by atoms with Crippen LogP contribution in [0.2, 0.25) is 0 Å². The summed E-state index contributed by atoms with van der Waals surface area (Å²) >= 11 is 0. The maximum atomic E-state index is 12.2. The van der Waals surface area contributed by atoms with Gasteiger partial charge in [-0.3, -0.25) is 4.79 Å². The Morgan fingerprint density at radius 2 is 1.85 bits per heavy atom. The molecule has 2 N–H and O–H groups in total. The molecule has 2 amide bonds. The van der Waals surface area contributed by atoms with Crippen molar-refractivity contribution in [1.82, 2.24) is 15.1 Å². The molecule has 0 spiro atoms. The van der Waals surface area contributed by atoms with Crippen molar-refractivity contribution >= 4 is 12.0 Å². The molecule has 0 radical (unpaired) electrons. The SMILES string of the molecule is CC(C)(C)N(CCC(=O)O)C(=O)NCCN1CCCC1. The average Bonchev–Trinajstić information content (AvgIpc) is 2.79. The van der Waals surface area contributed by atoms with Crippen LogP contribution in [0.5, 0.6) is 0 Å². The molecule has 6 nitrogen and oxygen atoms in total. The summed E-state index contributed by atoms with van der Waals surface area (Å²) in [6, 6.07) is -0.182. The van der Waals surface area contributed by atoms with Crippen LogP contribution in [0.1, 0.15) is 40.0 Å². The number of hydrogen-bond donors (Lipinski definition) is 2. The van der Waals surface area contributed by atoms with Gasteiger partial charge >= 0.3 is 12.0 Å². The molecule has 0 atom stereocenters. The summed E-state index contributed by atoms with van der Waals surface area (Å²) in [4.78, 5) is 26.8. The smallest absolute Gasteiger partial charge is 0.317 e. The monoisotopic (exact) mass is 285 g/mol. The molecule has 0 aromatic rings. The van der Waals surface area contributed by atoms with Crippen molar-refractivity contribution in [3.63, 3.8) is 0 Å². The molecular weight excluding hydrogens is 258 g/mol. The molecule has 0 aromatic heterocycles. The van der Waals surface area contributed by atoms with Crippen molar-refractivity contribution in [1.29, 1.82) is 0 Å². The van der Waals surface area contributed by atoms with Crippen molar-refractivity contribution in [2.45, 2.75) is 45.6 Å². The highest BCUT2D eigenvalue weighted by Gasteiger charge is 2.26. The van der Waals surface area contributed by atoms with Gasteiger partial charge in [0.05, 0.1) is 6.42 Å². The Morgan fingerprint density at radius 3 is 2.35 bits per heavy atom. The predicted octanol–water partition coefficient (Wildman–Crippen LogP) is 1.37. The Bertz CT molecular complexity index is 333. The summed E-state index contributed by atoms with van der Waals surface area (Å²) in [7, 11) is 0. The number of nitrogens with one attached hydrogen (secondary N) is 1. The molecule has 1 saturated heterocycles. The Hall–Kier alpha value is -1.30.